The van der Waals surface area contributed by atoms with E-state index in [1.807, 2.05) is 39.8 Å². The van der Waals surface area contributed by atoms with Gasteiger partial charge >= 0.3 is 11.9 Å². The van der Waals surface area contributed by atoms with Gasteiger partial charge in [0.1, 0.15) is 23.3 Å². The first-order valence-electron chi connectivity index (χ1n) is 8.91. The monoisotopic (exact) mass is 380 g/mol. The Hall–Kier alpha value is -3.38. The molecule has 0 heterocycles. The Morgan fingerprint density at radius 2 is 1.04 bits per heavy atom. The van der Waals surface area contributed by atoms with Crippen molar-refractivity contribution >= 4 is 24.1 Å². The number of rotatable bonds is 6. The van der Waals surface area contributed by atoms with Gasteiger partial charge in [-0.3, -0.25) is 0 Å². The van der Waals surface area contributed by atoms with Crippen LogP contribution in [0, 0.1) is 50.4 Å². The lowest BCUT2D eigenvalue weighted by molar-refractivity contribution is -0.138. The van der Waals surface area contributed by atoms with Crippen molar-refractivity contribution in [1.29, 1.82) is 10.5 Å². The number of carbonyl (C=O) groups is 2. The number of hydrogen-bond acceptors (Lipinski definition) is 6. The Morgan fingerprint density at radius 3 is 1.25 bits per heavy atom. The fourth-order valence-corrected chi connectivity index (χ4v) is 2.78. The summed E-state index contributed by atoms with van der Waals surface area (Å²) in [6.45, 7) is 11.2. The van der Waals surface area contributed by atoms with Crippen molar-refractivity contribution < 1.29 is 19.1 Å². The van der Waals surface area contributed by atoms with E-state index in [0.717, 1.165) is 33.4 Å². The predicted molar refractivity (Wildman–Crippen MR) is 106 cm³/mol. The van der Waals surface area contributed by atoms with E-state index in [-0.39, 0.29) is 24.4 Å². The quantitative estimate of drug-likeness (QED) is 0.422. The summed E-state index contributed by atoms with van der Waals surface area (Å²) in [5, 5.41) is 18.6. The van der Waals surface area contributed by atoms with Crippen LogP contribution in [0.2, 0.25) is 0 Å². The van der Waals surface area contributed by atoms with Crippen LogP contribution in [0.25, 0.3) is 12.2 Å². The van der Waals surface area contributed by atoms with Gasteiger partial charge in [0.15, 0.2) is 0 Å². The summed E-state index contributed by atoms with van der Waals surface area (Å²) in [5.41, 5.74) is 4.68. The zero-order valence-corrected chi connectivity index (χ0v) is 17.1. The van der Waals surface area contributed by atoms with E-state index in [0.29, 0.717) is 0 Å². The summed E-state index contributed by atoms with van der Waals surface area (Å²) >= 11 is 0. The highest BCUT2D eigenvalue weighted by molar-refractivity contribution is 6.00. The first-order chi connectivity index (χ1) is 13.2. The molecule has 1 aromatic carbocycles. The molecule has 0 atom stereocenters. The summed E-state index contributed by atoms with van der Waals surface area (Å²) in [4.78, 5) is 23.9. The Labute approximate surface area is 165 Å². The van der Waals surface area contributed by atoms with E-state index in [1.165, 1.54) is 12.2 Å². The fraction of sp³-hybridized carbons (Fsp3) is 0.364. The van der Waals surface area contributed by atoms with Crippen LogP contribution in [-0.4, -0.2) is 25.2 Å². The number of esters is 2. The smallest absolute Gasteiger partial charge is 0.348 e. The topological polar surface area (TPSA) is 100 Å². The molecule has 0 saturated carbocycles. The third-order valence-electron chi connectivity index (χ3n) is 4.55. The zero-order chi connectivity index (χ0) is 21.4. The molecule has 28 heavy (non-hydrogen) atoms. The van der Waals surface area contributed by atoms with Crippen LogP contribution in [0.4, 0.5) is 0 Å². The maximum Gasteiger partial charge on any atom is 0.348 e. The van der Waals surface area contributed by atoms with E-state index in [4.69, 9.17) is 9.47 Å². The molecule has 0 aromatic heterocycles. The lowest BCUT2D eigenvalue weighted by Crippen LogP contribution is -2.08. The Balaban J connectivity index is 3.64. The van der Waals surface area contributed by atoms with Gasteiger partial charge in [0, 0.05) is 0 Å². The Bertz CT molecular complexity index is 835. The van der Waals surface area contributed by atoms with Gasteiger partial charge in [-0.05, 0) is 87.1 Å². The van der Waals surface area contributed by atoms with Gasteiger partial charge in [0.2, 0.25) is 0 Å². The average molecular weight is 380 g/mol. The van der Waals surface area contributed by atoms with Crippen molar-refractivity contribution in [3.63, 3.8) is 0 Å². The van der Waals surface area contributed by atoms with Crippen LogP contribution in [0.15, 0.2) is 11.1 Å². The highest BCUT2D eigenvalue weighted by atomic mass is 16.5. The Morgan fingerprint density at radius 1 is 0.750 bits per heavy atom. The molecule has 0 saturated heterocycles. The lowest BCUT2D eigenvalue weighted by Gasteiger charge is -2.17. The van der Waals surface area contributed by atoms with Crippen molar-refractivity contribution in [3.8, 4) is 12.1 Å². The van der Waals surface area contributed by atoms with Crippen LogP contribution in [-0.2, 0) is 19.1 Å². The maximum atomic E-state index is 11.9. The molecule has 6 heteroatoms. The van der Waals surface area contributed by atoms with Gasteiger partial charge in [0.25, 0.3) is 0 Å². The second-order valence-corrected chi connectivity index (χ2v) is 6.11. The van der Waals surface area contributed by atoms with Crippen LogP contribution < -0.4 is 0 Å². The molecule has 0 spiro atoms. The maximum absolute atomic E-state index is 11.9. The molecule has 1 aromatic rings. The minimum absolute atomic E-state index is 0.0839. The molecule has 0 unspecified atom stereocenters. The number of carbonyl (C=O) groups excluding carboxylic acids is 2. The molecule has 0 aliphatic heterocycles. The molecule has 0 bridgehead atoms. The number of nitriles is 2. The molecule has 0 aliphatic carbocycles. The first kappa shape index (κ1) is 22.7. The number of ether oxygens (including phenoxy) is 2. The highest BCUT2D eigenvalue weighted by Gasteiger charge is 2.18. The molecule has 0 amide bonds. The van der Waals surface area contributed by atoms with Crippen LogP contribution in [0.1, 0.15) is 47.2 Å². The SMILES string of the molecule is CCOC(=O)/C(C#N)=C/c1c(C)c(C)c(/C=C(\C#N)C(=O)OCC)c(C)c1C. The molecule has 146 valence electrons. The minimum Gasteiger partial charge on any atom is -0.462 e. The van der Waals surface area contributed by atoms with E-state index in [2.05, 4.69) is 0 Å². The molecule has 0 aliphatic rings. The van der Waals surface area contributed by atoms with Gasteiger partial charge in [-0.1, -0.05) is 0 Å². The molecule has 0 N–H and O–H groups in total. The van der Waals surface area contributed by atoms with Crippen molar-refractivity contribution in [3.05, 3.63) is 44.5 Å². The highest BCUT2D eigenvalue weighted by Crippen LogP contribution is 2.30. The third-order valence-corrected chi connectivity index (χ3v) is 4.55. The van der Waals surface area contributed by atoms with Gasteiger partial charge < -0.3 is 9.47 Å². The molecule has 6 nitrogen and oxygen atoms in total. The van der Waals surface area contributed by atoms with Crippen LogP contribution in [0.5, 0.6) is 0 Å². The molecular formula is C22H24N2O4. The van der Waals surface area contributed by atoms with Crippen molar-refractivity contribution in [2.75, 3.05) is 13.2 Å². The van der Waals surface area contributed by atoms with Crippen molar-refractivity contribution in [2.45, 2.75) is 41.5 Å². The summed E-state index contributed by atoms with van der Waals surface area (Å²) in [7, 11) is 0. The van der Waals surface area contributed by atoms with Gasteiger partial charge in [-0.15, -0.1) is 0 Å². The largest absolute Gasteiger partial charge is 0.462 e. The summed E-state index contributed by atoms with van der Waals surface area (Å²) < 4.78 is 9.84. The Kier molecular flexibility index (Phi) is 8.16. The molecule has 0 fully saturated rings. The normalized spacial score (nSPS) is 11.4. The third kappa shape index (κ3) is 4.86. The summed E-state index contributed by atoms with van der Waals surface area (Å²) in [5.74, 6) is -1.34. The molecule has 0 radical (unpaired) electrons. The lowest BCUT2D eigenvalue weighted by atomic mass is 9.87. The predicted octanol–water partition coefficient (Wildman–Crippen LogP) is 3.86. The zero-order valence-electron chi connectivity index (χ0n) is 17.1. The van der Waals surface area contributed by atoms with Crippen LogP contribution in [0.3, 0.4) is 0 Å². The van der Waals surface area contributed by atoms with E-state index in [1.54, 1.807) is 13.8 Å². The van der Waals surface area contributed by atoms with Crippen LogP contribution >= 0.6 is 0 Å². The van der Waals surface area contributed by atoms with E-state index in [9.17, 15) is 20.1 Å². The second kappa shape index (κ2) is 10.1. The average Bonchev–Trinajstić information content (AvgIpc) is 2.67. The molecule has 1 rings (SSSR count). The van der Waals surface area contributed by atoms with E-state index < -0.39 is 11.9 Å². The fourth-order valence-electron chi connectivity index (χ4n) is 2.78. The van der Waals surface area contributed by atoms with Gasteiger partial charge in [-0.2, -0.15) is 10.5 Å². The standard InChI is InChI=1S/C22H24N2O4/c1-7-27-21(25)17(11-23)9-19-13(3)15(5)20(16(6)14(19)4)10-18(12-24)22(26)28-8-2/h9-10H,7-8H2,1-6H3/b17-9+,18-10+. The first-order valence-corrected chi connectivity index (χ1v) is 8.91. The minimum atomic E-state index is -0.669. The van der Waals surface area contributed by atoms with Crippen molar-refractivity contribution in [2.24, 2.45) is 0 Å². The summed E-state index contributed by atoms with van der Waals surface area (Å²) in [6.07, 6.45) is 3.04. The van der Waals surface area contributed by atoms with Gasteiger partial charge in [-0.25, -0.2) is 9.59 Å². The summed E-state index contributed by atoms with van der Waals surface area (Å²) in [6, 6.07) is 3.77. The number of hydrogen-bond donors (Lipinski definition) is 0. The van der Waals surface area contributed by atoms with Crippen molar-refractivity contribution in [1.82, 2.24) is 0 Å². The molecular weight excluding hydrogens is 356 g/mol. The number of benzene rings is 1. The number of nitrogens with zero attached hydrogens (tertiary/aromatic N) is 2. The second-order valence-electron chi connectivity index (χ2n) is 6.11. The van der Waals surface area contributed by atoms with Gasteiger partial charge in [0.05, 0.1) is 13.2 Å². The van der Waals surface area contributed by atoms with E-state index >= 15 is 0 Å².